The van der Waals surface area contributed by atoms with Crippen molar-refractivity contribution >= 4 is 37.6 Å². The first-order valence-corrected chi connectivity index (χ1v) is 12.2. The average molecular weight is 602 g/mol. The first kappa shape index (κ1) is 29.5. The van der Waals surface area contributed by atoms with Crippen LogP contribution in [0, 0.1) is 15.9 Å². The third-order valence-electron chi connectivity index (χ3n) is 4.98. The maximum atomic E-state index is 14.8. The van der Waals surface area contributed by atoms with E-state index in [0.717, 1.165) is 25.1 Å². The number of nitrogens with zero attached hydrogens (tertiary/aromatic N) is 2. The summed E-state index contributed by atoms with van der Waals surface area (Å²) < 4.78 is 93.9. The molecule has 10 nitrogen and oxygen atoms in total. The number of para-hydroxylation sites is 1. The topological polar surface area (TPSA) is 138 Å². The molecule has 0 amide bonds. The van der Waals surface area contributed by atoms with Crippen molar-refractivity contribution in [2.75, 3.05) is 13.2 Å². The number of benzene rings is 1. The van der Waals surface area contributed by atoms with Crippen molar-refractivity contribution in [1.29, 1.82) is 0 Å². The molecule has 16 heteroatoms. The SMILES string of the molecule is CCOC(=O)[C@@](C)(OC[C@@](C)(NS(=O)(=O)c1ccccc1[N+](=O)[O-])c1cc(Br)ncc1F)C(F)(F)F. The van der Waals surface area contributed by atoms with E-state index >= 15 is 0 Å². The molecule has 1 N–H and O–H groups in total. The minimum absolute atomic E-state index is 0.0148. The lowest BCUT2D eigenvalue weighted by molar-refractivity contribution is -0.387. The smallest absolute Gasteiger partial charge is 0.428 e. The molecule has 198 valence electrons. The molecule has 0 aliphatic carbocycles. The Balaban J connectivity index is 2.65. The van der Waals surface area contributed by atoms with E-state index in [1.54, 1.807) is 0 Å². The highest BCUT2D eigenvalue weighted by atomic mass is 79.9. The number of rotatable bonds is 10. The summed E-state index contributed by atoms with van der Waals surface area (Å²) in [6.45, 7) is 0.951. The molecular weight excluding hydrogens is 582 g/mol. The van der Waals surface area contributed by atoms with Crippen LogP contribution in [0.1, 0.15) is 26.3 Å². The second kappa shape index (κ2) is 10.7. The number of hydrogen-bond donors (Lipinski definition) is 1. The van der Waals surface area contributed by atoms with Gasteiger partial charge in [-0.05, 0) is 48.8 Å². The first-order chi connectivity index (χ1) is 16.5. The van der Waals surface area contributed by atoms with Crippen molar-refractivity contribution in [3.05, 3.63) is 62.6 Å². The molecule has 0 aliphatic heterocycles. The second-order valence-corrected chi connectivity index (χ2v) is 10.2. The van der Waals surface area contributed by atoms with E-state index in [9.17, 15) is 40.9 Å². The first-order valence-electron chi connectivity index (χ1n) is 9.95. The molecule has 0 aliphatic rings. The molecule has 2 aromatic rings. The van der Waals surface area contributed by atoms with Gasteiger partial charge in [-0.15, -0.1) is 0 Å². The van der Waals surface area contributed by atoms with Crippen LogP contribution < -0.4 is 4.72 Å². The summed E-state index contributed by atoms with van der Waals surface area (Å²) in [7, 11) is -4.88. The van der Waals surface area contributed by atoms with Crippen molar-refractivity contribution in [3.63, 3.8) is 0 Å². The molecule has 1 heterocycles. The number of nitrogens with one attached hydrogen (secondary N) is 1. The van der Waals surface area contributed by atoms with Gasteiger partial charge in [0, 0.05) is 11.6 Å². The Morgan fingerprint density at radius 2 is 1.86 bits per heavy atom. The number of carbonyl (C=O) groups is 1. The molecular formula is C20H20BrF4N3O7S. The van der Waals surface area contributed by atoms with E-state index in [4.69, 9.17) is 4.74 Å². The Labute approximate surface area is 211 Å². The maximum Gasteiger partial charge on any atom is 0.428 e. The highest BCUT2D eigenvalue weighted by molar-refractivity contribution is 9.10. The molecule has 0 fully saturated rings. The molecule has 0 bridgehead atoms. The maximum absolute atomic E-state index is 14.8. The summed E-state index contributed by atoms with van der Waals surface area (Å²) in [5, 5.41) is 11.3. The van der Waals surface area contributed by atoms with E-state index in [2.05, 4.69) is 25.7 Å². The molecule has 0 spiro atoms. The van der Waals surface area contributed by atoms with Gasteiger partial charge in [0.15, 0.2) is 4.90 Å². The number of nitro groups is 1. The van der Waals surface area contributed by atoms with Gasteiger partial charge in [-0.3, -0.25) is 10.1 Å². The lowest BCUT2D eigenvalue weighted by Crippen LogP contribution is -2.56. The number of alkyl halides is 3. The fourth-order valence-electron chi connectivity index (χ4n) is 3.00. The molecule has 0 saturated carbocycles. The third-order valence-corrected chi connectivity index (χ3v) is 7.06. The zero-order valence-corrected chi connectivity index (χ0v) is 21.3. The fourth-order valence-corrected chi connectivity index (χ4v) is 4.88. The van der Waals surface area contributed by atoms with Crippen molar-refractivity contribution < 1.29 is 45.2 Å². The van der Waals surface area contributed by atoms with Crippen LogP contribution >= 0.6 is 15.9 Å². The molecule has 0 unspecified atom stereocenters. The number of ether oxygens (including phenoxy) is 2. The molecule has 1 aromatic heterocycles. The number of sulfonamides is 1. The molecule has 0 saturated heterocycles. The van der Waals surface area contributed by atoms with Gasteiger partial charge in [0.1, 0.15) is 10.4 Å². The summed E-state index contributed by atoms with van der Waals surface area (Å²) in [6, 6.07) is 5.15. The summed E-state index contributed by atoms with van der Waals surface area (Å²) >= 11 is 2.97. The standard InChI is InChI=1S/C20H20BrF4N3O7S/c1-4-34-17(29)19(3,20(23,24)25)35-11-18(2,12-9-16(21)26-10-13(12)22)27-36(32,33)15-8-6-5-7-14(15)28(30)31/h5-10,27H,4,11H2,1-3H3/t18-,19-/m1/s1. The number of esters is 1. The van der Waals surface area contributed by atoms with E-state index in [1.165, 1.54) is 19.1 Å². The van der Waals surface area contributed by atoms with E-state index in [1.807, 2.05) is 4.72 Å². The highest BCUT2D eigenvalue weighted by Crippen LogP contribution is 2.38. The molecule has 36 heavy (non-hydrogen) atoms. The van der Waals surface area contributed by atoms with Crippen LogP contribution in [0.3, 0.4) is 0 Å². The van der Waals surface area contributed by atoms with E-state index in [-0.39, 0.29) is 4.60 Å². The van der Waals surface area contributed by atoms with Crippen molar-refractivity contribution in [1.82, 2.24) is 9.71 Å². The van der Waals surface area contributed by atoms with Crippen molar-refractivity contribution in [2.45, 2.75) is 43.0 Å². The van der Waals surface area contributed by atoms with Crippen LogP contribution in [-0.2, 0) is 29.8 Å². The monoisotopic (exact) mass is 601 g/mol. The quantitative estimate of drug-likeness (QED) is 0.142. The van der Waals surface area contributed by atoms with Gasteiger partial charge >= 0.3 is 12.1 Å². The minimum Gasteiger partial charge on any atom is -0.464 e. The van der Waals surface area contributed by atoms with Gasteiger partial charge in [-0.2, -0.15) is 17.9 Å². The zero-order valence-electron chi connectivity index (χ0n) is 18.9. The number of aromatic nitrogens is 1. The van der Waals surface area contributed by atoms with Gasteiger partial charge in [0.25, 0.3) is 11.3 Å². The molecule has 0 radical (unpaired) electrons. The molecule has 2 atom stereocenters. The molecule has 1 aromatic carbocycles. The van der Waals surface area contributed by atoms with Gasteiger partial charge in [-0.1, -0.05) is 12.1 Å². The Hall–Kier alpha value is -2.69. The Bertz CT molecular complexity index is 1260. The van der Waals surface area contributed by atoms with E-state index in [0.29, 0.717) is 13.1 Å². The number of carbonyl (C=O) groups excluding carboxylic acids is 1. The Kier molecular flexibility index (Phi) is 8.81. The summed E-state index contributed by atoms with van der Waals surface area (Å²) in [4.78, 5) is 25.3. The van der Waals surface area contributed by atoms with Gasteiger partial charge < -0.3 is 9.47 Å². The van der Waals surface area contributed by atoms with Gasteiger partial charge in [0.05, 0.1) is 29.9 Å². The van der Waals surface area contributed by atoms with E-state index < -0.39 is 73.4 Å². The average Bonchev–Trinajstić information content (AvgIpc) is 2.78. The summed E-state index contributed by atoms with van der Waals surface area (Å²) in [6.07, 6.45) is -4.64. The summed E-state index contributed by atoms with van der Waals surface area (Å²) in [5.74, 6) is -2.95. The number of pyridine rings is 1. The van der Waals surface area contributed by atoms with Crippen LogP contribution in [0.25, 0.3) is 0 Å². The normalized spacial score (nSPS) is 15.6. The minimum atomic E-state index is -5.31. The highest BCUT2D eigenvalue weighted by Gasteiger charge is 2.60. The van der Waals surface area contributed by atoms with Crippen LogP contribution in [0.5, 0.6) is 0 Å². The van der Waals surface area contributed by atoms with Gasteiger partial charge in [-0.25, -0.2) is 22.6 Å². The number of nitro benzene ring substituents is 1. The van der Waals surface area contributed by atoms with Crippen molar-refractivity contribution in [3.8, 4) is 0 Å². The number of halogens is 5. The predicted molar refractivity (Wildman–Crippen MR) is 120 cm³/mol. The fraction of sp³-hybridized carbons (Fsp3) is 0.400. The van der Waals surface area contributed by atoms with Crippen LogP contribution in [0.4, 0.5) is 23.2 Å². The largest absolute Gasteiger partial charge is 0.464 e. The van der Waals surface area contributed by atoms with Crippen LogP contribution in [-0.4, -0.2) is 49.3 Å². The zero-order chi connectivity index (χ0) is 27.5. The van der Waals surface area contributed by atoms with Crippen molar-refractivity contribution in [2.24, 2.45) is 0 Å². The second-order valence-electron chi connectivity index (χ2n) is 7.69. The third kappa shape index (κ3) is 6.16. The summed E-state index contributed by atoms with van der Waals surface area (Å²) in [5.41, 5.74) is -7.26. The predicted octanol–water partition coefficient (Wildman–Crippen LogP) is 3.99. The van der Waals surface area contributed by atoms with Gasteiger partial charge in [0.2, 0.25) is 10.0 Å². The lowest BCUT2D eigenvalue weighted by atomic mass is 9.94. The number of hydrogen-bond acceptors (Lipinski definition) is 8. The Morgan fingerprint density at radius 1 is 1.25 bits per heavy atom. The Morgan fingerprint density at radius 3 is 2.42 bits per heavy atom. The van der Waals surface area contributed by atoms with Crippen LogP contribution in [0.2, 0.25) is 0 Å². The molecule has 2 rings (SSSR count). The lowest BCUT2D eigenvalue weighted by Gasteiger charge is -2.36. The van der Waals surface area contributed by atoms with Crippen LogP contribution in [0.15, 0.2) is 46.0 Å².